The monoisotopic (exact) mass is 466 g/mol. The second-order valence-corrected chi connectivity index (χ2v) is 8.45. The molecule has 0 atom stereocenters. The van der Waals surface area contributed by atoms with Gasteiger partial charge in [-0.1, -0.05) is 36.0 Å². The summed E-state index contributed by atoms with van der Waals surface area (Å²) in [5.74, 6) is 0.852. The Labute approximate surface area is 181 Å². The van der Waals surface area contributed by atoms with Crippen LogP contribution < -0.4 is 5.32 Å². The van der Waals surface area contributed by atoms with Crippen molar-refractivity contribution in [2.45, 2.75) is 23.4 Å². The van der Waals surface area contributed by atoms with Crippen molar-refractivity contribution in [2.24, 2.45) is 0 Å². The van der Waals surface area contributed by atoms with Gasteiger partial charge in [0.15, 0.2) is 0 Å². The first-order chi connectivity index (χ1) is 14.1. The minimum absolute atomic E-state index is 0.0905. The van der Waals surface area contributed by atoms with Gasteiger partial charge in [-0.15, -0.1) is 0 Å². The fourth-order valence-corrected chi connectivity index (χ4v) is 4.25. The van der Waals surface area contributed by atoms with Crippen molar-refractivity contribution in [2.75, 3.05) is 6.54 Å². The molecule has 0 saturated carbocycles. The number of pyridine rings is 1. The highest BCUT2D eigenvalue weighted by Gasteiger charge is 2.13. The molecule has 146 valence electrons. The van der Waals surface area contributed by atoms with E-state index in [-0.39, 0.29) is 5.91 Å². The SMILES string of the molecule is Cc1nc2ccccc2n1CCNC(=O)c1ccccc1Sc1ccc(Br)cn1. The highest BCUT2D eigenvalue weighted by atomic mass is 79.9. The Morgan fingerprint density at radius 2 is 1.90 bits per heavy atom. The predicted molar refractivity (Wildman–Crippen MR) is 119 cm³/mol. The topological polar surface area (TPSA) is 59.8 Å². The van der Waals surface area contributed by atoms with Gasteiger partial charge < -0.3 is 9.88 Å². The Kier molecular flexibility index (Phi) is 5.97. The van der Waals surface area contributed by atoms with E-state index in [0.29, 0.717) is 18.7 Å². The molecule has 0 saturated heterocycles. The summed E-state index contributed by atoms with van der Waals surface area (Å²) in [5.41, 5.74) is 2.70. The molecule has 0 fully saturated rings. The van der Waals surface area contributed by atoms with Gasteiger partial charge in [-0.05, 0) is 59.3 Å². The van der Waals surface area contributed by atoms with E-state index < -0.39 is 0 Å². The number of rotatable bonds is 6. The van der Waals surface area contributed by atoms with Crippen LogP contribution in [0, 0.1) is 6.92 Å². The zero-order valence-electron chi connectivity index (χ0n) is 15.8. The molecule has 1 amide bonds. The van der Waals surface area contributed by atoms with Gasteiger partial charge in [-0.25, -0.2) is 9.97 Å². The number of amides is 1. The van der Waals surface area contributed by atoms with Crippen molar-refractivity contribution >= 4 is 44.6 Å². The summed E-state index contributed by atoms with van der Waals surface area (Å²) in [5, 5.41) is 3.88. The van der Waals surface area contributed by atoms with Crippen LogP contribution in [0.3, 0.4) is 0 Å². The highest BCUT2D eigenvalue weighted by Crippen LogP contribution is 2.29. The Morgan fingerprint density at radius 1 is 1.10 bits per heavy atom. The van der Waals surface area contributed by atoms with Gasteiger partial charge in [0.1, 0.15) is 10.9 Å². The first-order valence-corrected chi connectivity index (χ1v) is 10.8. The highest BCUT2D eigenvalue weighted by molar-refractivity contribution is 9.10. The maximum absolute atomic E-state index is 12.8. The van der Waals surface area contributed by atoms with Gasteiger partial charge in [0.05, 0.1) is 16.6 Å². The fraction of sp³-hybridized carbons (Fsp3) is 0.136. The lowest BCUT2D eigenvalue weighted by Gasteiger charge is -2.11. The second kappa shape index (κ2) is 8.80. The molecular formula is C22H19BrN4OS. The Morgan fingerprint density at radius 3 is 2.72 bits per heavy atom. The van der Waals surface area contributed by atoms with Crippen molar-refractivity contribution < 1.29 is 4.79 Å². The number of hydrogen-bond acceptors (Lipinski definition) is 4. The number of nitrogens with zero attached hydrogens (tertiary/aromatic N) is 3. The molecule has 0 bridgehead atoms. The van der Waals surface area contributed by atoms with Crippen LogP contribution in [0.2, 0.25) is 0 Å². The molecule has 7 heteroatoms. The lowest BCUT2D eigenvalue weighted by atomic mass is 10.2. The van der Waals surface area contributed by atoms with Gasteiger partial charge in [-0.2, -0.15) is 0 Å². The van der Waals surface area contributed by atoms with Crippen molar-refractivity contribution in [3.8, 4) is 0 Å². The van der Waals surface area contributed by atoms with E-state index in [9.17, 15) is 4.79 Å². The van der Waals surface area contributed by atoms with Crippen molar-refractivity contribution in [1.82, 2.24) is 19.9 Å². The largest absolute Gasteiger partial charge is 0.350 e. The smallest absolute Gasteiger partial charge is 0.252 e. The lowest BCUT2D eigenvalue weighted by molar-refractivity contribution is 0.0949. The maximum Gasteiger partial charge on any atom is 0.252 e. The van der Waals surface area contributed by atoms with Crippen molar-refractivity contribution in [3.63, 3.8) is 0 Å². The molecule has 0 aliphatic rings. The van der Waals surface area contributed by atoms with E-state index in [1.807, 2.05) is 67.6 Å². The van der Waals surface area contributed by atoms with Gasteiger partial charge in [0, 0.05) is 28.7 Å². The Balaban J connectivity index is 1.45. The first-order valence-electron chi connectivity index (χ1n) is 9.20. The first kappa shape index (κ1) is 19.7. The van der Waals surface area contributed by atoms with E-state index in [1.54, 1.807) is 6.20 Å². The number of aryl methyl sites for hydroxylation is 1. The summed E-state index contributed by atoms with van der Waals surface area (Å²) in [4.78, 5) is 22.6. The number of fused-ring (bicyclic) bond motifs is 1. The van der Waals surface area contributed by atoms with Gasteiger partial charge in [0.25, 0.3) is 5.91 Å². The van der Waals surface area contributed by atoms with Crippen LogP contribution in [-0.4, -0.2) is 27.0 Å². The second-order valence-electron chi connectivity index (χ2n) is 6.47. The zero-order chi connectivity index (χ0) is 20.2. The van der Waals surface area contributed by atoms with Crippen LogP contribution >= 0.6 is 27.7 Å². The van der Waals surface area contributed by atoms with Gasteiger partial charge in [-0.3, -0.25) is 4.79 Å². The summed E-state index contributed by atoms with van der Waals surface area (Å²) in [6.07, 6.45) is 1.75. The Bertz CT molecular complexity index is 1160. The summed E-state index contributed by atoms with van der Waals surface area (Å²) in [6.45, 7) is 3.18. The zero-order valence-corrected chi connectivity index (χ0v) is 18.2. The number of carbonyl (C=O) groups excluding carboxylic acids is 1. The molecule has 0 radical (unpaired) electrons. The number of nitrogens with one attached hydrogen (secondary N) is 1. The summed E-state index contributed by atoms with van der Waals surface area (Å²) in [6, 6.07) is 19.5. The molecule has 0 unspecified atom stereocenters. The number of hydrogen-bond donors (Lipinski definition) is 1. The predicted octanol–water partition coefficient (Wildman–Crippen LogP) is 5.08. The maximum atomic E-state index is 12.8. The van der Waals surface area contributed by atoms with Crippen molar-refractivity contribution in [1.29, 1.82) is 0 Å². The molecule has 2 aromatic heterocycles. The van der Waals surface area contributed by atoms with Crippen LogP contribution in [0.4, 0.5) is 0 Å². The summed E-state index contributed by atoms with van der Waals surface area (Å²) in [7, 11) is 0. The third-order valence-corrected chi connectivity index (χ3v) is 6.01. The molecule has 1 N–H and O–H groups in total. The van der Waals surface area contributed by atoms with Crippen LogP contribution in [0.5, 0.6) is 0 Å². The number of aromatic nitrogens is 3. The molecular weight excluding hydrogens is 448 g/mol. The molecule has 2 heterocycles. The number of carbonyl (C=O) groups is 1. The van der Waals surface area contributed by atoms with E-state index in [1.165, 1.54) is 11.8 Å². The molecule has 5 nitrogen and oxygen atoms in total. The molecule has 29 heavy (non-hydrogen) atoms. The summed E-state index contributed by atoms with van der Waals surface area (Å²) < 4.78 is 3.05. The summed E-state index contributed by atoms with van der Waals surface area (Å²) >= 11 is 4.87. The number of imidazole rings is 1. The van der Waals surface area contributed by atoms with Crippen LogP contribution in [0.15, 0.2) is 81.3 Å². The molecule has 4 rings (SSSR count). The average Bonchev–Trinajstić information content (AvgIpc) is 3.05. The molecule has 0 aliphatic carbocycles. The third kappa shape index (κ3) is 4.52. The third-order valence-electron chi connectivity index (χ3n) is 4.51. The molecule has 0 aliphatic heterocycles. The van der Waals surface area contributed by atoms with E-state index >= 15 is 0 Å². The number of benzene rings is 2. The standard InChI is InChI=1S/C22H19BrN4OS/c1-15-26-18-7-3-4-8-19(18)27(15)13-12-24-22(28)17-6-2-5-9-20(17)29-21-11-10-16(23)14-25-21/h2-11,14H,12-13H2,1H3,(H,24,28). The van der Waals surface area contributed by atoms with Crippen LogP contribution in [0.1, 0.15) is 16.2 Å². The van der Waals surface area contributed by atoms with Gasteiger partial charge >= 0.3 is 0 Å². The Hall–Kier alpha value is -2.64. The molecule has 0 spiro atoms. The van der Waals surface area contributed by atoms with Crippen LogP contribution in [0.25, 0.3) is 11.0 Å². The lowest BCUT2D eigenvalue weighted by Crippen LogP contribution is -2.27. The van der Waals surface area contributed by atoms with Crippen LogP contribution in [-0.2, 0) is 6.54 Å². The normalized spacial score (nSPS) is 11.0. The number of halogens is 1. The van der Waals surface area contributed by atoms with E-state index in [4.69, 9.17) is 0 Å². The van der Waals surface area contributed by atoms with E-state index in [0.717, 1.165) is 31.3 Å². The van der Waals surface area contributed by atoms with Crippen molar-refractivity contribution in [3.05, 3.63) is 82.7 Å². The van der Waals surface area contributed by atoms with E-state index in [2.05, 4.69) is 35.8 Å². The quantitative estimate of drug-likeness (QED) is 0.430. The average molecular weight is 467 g/mol. The minimum Gasteiger partial charge on any atom is -0.350 e. The minimum atomic E-state index is -0.0905. The number of para-hydroxylation sites is 2. The molecule has 4 aromatic rings. The van der Waals surface area contributed by atoms with Gasteiger partial charge in [0.2, 0.25) is 0 Å². The fourth-order valence-electron chi connectivity index (χ4n) is 3.13. The molecule has 2 aromatic carbocycles.